The Morgan fingerprint density at radius 2 is 1.10 bits per heavy atom. The van der Waals surface area contributed by atoms with Crippen molar-refractivity contribution in [3.05, 3.63) is 66.8 Å². The minimum Gasteiger partial charge on any atom is -0.462 e. The molecule has 0 bridgehead atoms. The average Bonchev–Trinajstić information content (AvgIpc) is 2.94. The first-order valence-corrected chi connectivity index (χ1v) is 16.1. The number of hydrogen-bond acceptors (Lipinski definition) is 5. The summed E-state index contributed by atoms with van der Waals surface area (Å²) < 4.78 is 9.82. The number of esters is 2. The van der Waals surface area contributed by atoms with Gasteiger partial charge in [-0.15, -0.1) is 0 Å². The molecule has 1 aromatic rings. The number of carbonyl (C=O) groups excluding carboxylic acids is 2. The van der Waals surface area contributed by atoms with Gasteiger partial charge in [0, 0.05) is 11.1 Å². The second-order valence-corrected chi connectivity index (χ2v) is 11.6. The molecule has 0 amide bonds. The Bertz CT molecular complexity index is 839. The van der Waals surface area contributed by atoms with Crippen LogP contribution >= 0.6 is 0 Å². The minimum absolute atomic E-state index is 0.254. The van der Waals surface area contributed by atoms with Crippen molar-refractivity contribution in [3.8, 4) is 0 Å². The minimum atomic E-state index is -0.907. The maximum atomic E-state index is 11.2. The van der Waals surface area contributed by atoms with Gasteiger partial charge in [0.25, 0.3) is 0 Å². The summed E-state index contributed by atoms with van der Waals surface area (Å²) in [6.45, 7) is 19.9. The van der Waals surface area contributed by atoms with Crippen molar-refractivity contribution < 1.29 is 19.1 Å². The van der Waals surface area contributed by atoms with Crippen molar-refractivity contribution >= 4 is 18.0 Å². The van der Waals surface area contributed by atoms with Crippen molar-refractivity contribution in [3.63, 3.8) is 0 Å². The van der Waals surface area contributed by atoms with Gasteiger partial charge in [-0.25, -0.2) is 9.59 Å². The highest BCUT2D eigenvalue weighted by Gasteiger charge is 2.16. The molecule has 0 aliphatic rings. The lowest BCUT2D eigenvalue weighted by atomic mass is 10.0. The van der Waals surface area contributed by atoms with Gasteiger partial charge in [-0.2, -0.15) is 0 Å². The lowest BCUT2D eigenvalue weighted by Gasteiger charge is -2.18. The summed E-state index contributed by atoms with van der Waals surface area (Å²) in [4.78, 5) is 21.9. The fourth-order valence-electron chi connectivity index (χ4n) is 3.85. The monoisotopic (exact) mass is 585 g/mol. The number of rotatable bonds is 21. The molecule has 0 heterocycles. The van der Waals surface area contributed by atoms with Crippen LogP contribution in [0.4, 0.5) is 0 Å². The predicted molar refractivity (Wildman–Crippen MR) is 181 cm³/mol. The molecule has 0 aromatic heterocycles. The van der Waals surface area contributed by atoms with Crippen molar-refractivity contribution in [1.29, 1.82) is 0 Å². The molecule has 0 spiro atoms. The number of unbranched alkanes of at least 4 members (excludes halogenated alkanes) is 15. The average molecular weight is 586 g/mol. The summed E-state index contributed by atoms with van der Waals surface area (Å²) in [6, 6.07) is 10.0. The van der Waals surface area contributed by atoms with Gasteiger partial charge in [0.2, 0.25) is 0 Å². The molecule has 5 heteroatoms. The molecule has 0 atom stereocenters. The number of benzene rings is 1. The molecule has 0 saturated carbocycles. The van der Waals surface area contributed by atoms with Crippen molar-refractivity contribution in [2.24, 2.45) is 5.73 Å². The predicted octanol–water partition coefficient (Wildman–Crippen LogP) is 10.5. The molecule has 0 radical (unpaired) electrons. The number of carbonyl (C=O) groups is 2. The van der Waals surface area contributed by atoms with E-state index < -0.39 is 11.7 Å². The Kier molecular flexibility index (Phi) is 28.1. The molecule has 0 aliphatic carbocycles. The first kappa shape index (κ1) is 41.5. The zero-order chi connectivity index (χ0) is 32.1. The molecule has 0 saturated heterocycles. The van der Waals surface area contributed by atoms with Crippen LogP contribution < -0.4 is 5.73 Å². The van der Waals surface area contributed by atoms with E-state index in [9.17, 15) is 9.59 Å². The summed E-state index contributed by atoms with van der Waals surface area (Å²) in [6.07, 6.45) is 23.6. The quantitative estimate of drug-likeness (QED) is 0.0672. The van der Waals surface area contributed by atoms with Gasteiger partial charge < -0.3 is 9.47 Å². The van der Waals surface area contributed by atoms with Gasteiger partial charge in [-0.05, 0) is 39.7 Å². The molecule has 1 aromatic carbocycles. The van der Waals surface area contributed by atoms with Crippen LogP contribution in [0.3, 0.4) is 0 Å². The Hall–Kier alpha value is -2.66. The standard InChI is InChI=1S/C22H42O2.C8H8.C7H13NO2/c1-4-5-6-7-8-9-10-11-12-13-14-15-16-17-18-19-20-24-22(23)21(2)3;1-2-8-6-4-3-5-7-8;1-5(2)6(9)10-7(3,4)8/h2,4-20H2,1,3H3;2-7H,1H2;1,8H2,2-4H3. The molecule has 42 heavy (non-hydrogen) atoms. The summed E-state index contributed by atoms with van der Waals surface area (Å²) >= 11 is 0. The third-order valence-electron chi connectivity index (χ3n) is 6.32. The summed E-state index contributed by atoms with van der Waals surface area (Å²) in [5, 5.41) is 0. The van der Waals surface area contributed by atoms with E-state index >= 15 is 0 Å². The Morgan fingerprint density at radius 3 is 1.38 bits per heavy atom. The highest BCUT2D eigenvalue weighted by Crippen LogP contribution is 2.13. The highest BCUT2D eigenvalue weighted by molar-refractivity contribution is 5.87. The fourth-order valence-corrected chi connectivity index (χ4v) is 3.85. The molecule has 240 valence electrons. The van der Waals surface area contributed by atoms with Crippen molar-refractivity contribution in [2.45, 2.75) is 143 Å². The summed E-state index contributed by atoms with van der Waals surface area (Å²) in [5.41, 5.74) is 6.51. The molecule has 0 fully saturated rings. The maximum absolute atomic E-state index is 11.2. The number of ether oxygens (including phenoxy) is 2. The van der Waals surface area contributed by atoms with Crippen LogP contribution in [-0.4, -0.2) is 24.3 Å². The molecular weight excluding hydrogens is 522 g/mol. The van der Waals surface area contributed by atoms with Crippen LogP contribution in [-0.2, 0) is 19.1 Å². The fraction of sp³-hybridized carbons (Fsp3) is 0.622. The topological polar surface area (TPSA) is 78.6 Å². The van der Waals surface area contributed by atoms with Gasteiger partial charge in [-0.1, -0.05) is 159 Å². The van der Waals surface area contributed by atoms with Gasteiger partial charge in [-0.3, -0.25) is 5.73 Å². The lowest BCUT2D eigenvalue weighted by Crippen LogP contribution is -2.37. The molecular formula is C37H63NO4. The highest BCUT2D eigenvalue weighted by atomic mass is 16.6. The number of nitrogens with two attached hydrogens (primary N) is 1. The van der Waals surface area contributed by atoms with Crippen molar-refractivity contribution in [1.82, 2.24) is 0 Å². The zero-order valence-electron chi connectivity index (χ0n) is 27.8. The first-order chi connectivity index (χ1) is 19.9. The molecule has 1 rings (SSSR count). The van der Waals surface area contributed by atoms with Crippen LogP contribution in [0.2, 0.25) is 0 Å². The third kappa shape index (κ3) is 31.9. The van der Waals surface area contributed by atoms with Crippen LogP contribution in [0.5, 0.6) is 0 Å². The van der Waals surface area contributed by atoms with E-state index in [1.165, 1.54) is 102 Å². The molecule has 2 N–H and O–H groups in total. The van der Waals surface area contributed by atoms with Gasteiger partial charge in [0.1, 0.15) is 0 Å². The van der Waals surface area contributed by atoms with E-state index in [1.54, 1.807) is 27.7 Å². The SMILES string of the molecule is C=C(C)C(=O)OC(C)(C)N.C=C(C)C(=O)OCCCCCCCCCCCCCCCCCC.C=Cc1ccccc1. The van der Waals surface area contributed by atoms with E-state index in [1.807, 2.05) is 36.4 Å². The normalized spacial score (nSPS) is 10.3. The van der Waals surface area contributed by atoms with Crippen molar-refractivity contribution in [2.75, 3.05) is 6.61 Å². The van der Waals surface area contributed by atoms with Gasteiger partial charge in [0.05, 0.1) is 6.61 Å². The summed E-state index contributed by atoms with van der Waals surface area (Å²) in [5.74, 6) is -0.705. The van der Waals surface area contributed by atoms with E-state index in [4.69, 9.17) is 15.2 Å². The Morgan fingerprint density at radius 1 is 0.714 bits per heavy atom. The van der Waals surface area contributed by atoms with Crippen LogP contribution in [0.15, 0.2) is 61.2 Å². The number of hydrogen-bond donors (Lipinski definition) is 1. The smallest absolute Gasteiger partial charge is 0.334 e. The van der Waals surface area contributed by atoms with Gasteiger partial charge in [0.15, 0.2) is 5.72 Å². The largest absolute Gasteiger partial charge is 0.462 e. The maximum Gasteiger partial charge on any atom is 0.334 e. The van der Waals surface area contributed by atoms with Crippen LogP contribution in [0, 0.1) is 0 Å². The summed E-state index contributed by atoms with van der Waals surface area (Å²) in [7, 11) is 0. The first-order valence-electron chi connectivity index (χ1n) is 16.1. The van der Waals surface area contributed by atoms with Crippen LogP contribution in [0.1, 0.15) is 143 Å². The third-order valence-corrected chi connectivity index (χ3v) is 6.32. The Balaban J connectivity index is 0. The van der Waals surface area contributed by atoms with E-state index in [2.05, 4.69) is 26.7 Å². The zero-order valence-corrected chi connectivity index (χ0v) is 27.8. The molecule has 0 unspecified atom stereocenters. The Labute approximate surface area is 259 Å². The second kappa shape index (κ2) is 28.5. The van der Waals surface area contributed by atoms with Gasteiger partial charge >= 0.3 is 11.9 Å². The molecule has 0 aliphatic heterocycles. The second-order valence-electron chi connectivity index (χ2n) is 11.6. The van der Waals surface area contributed by atoms with E-state index in [-0.39, 0.29) is 5.97 Å². The van der Waals surface area contributed by atoms with Crippen LogP contribution in [0.25, 0.3) is 6.08 Å². The van der Waals surface area contributed by atoms with E-state index in [0.29, 0.717) is 17.8 Å². The molecule has 5 nitrogen and oxygen atoms in total. The van der Waals surface area contributed by atoms with E-state index in [0.717, 1.165) is 6.42 Å². The lowest BCUT2D eigenvalue weighted by molar-refractivity contribution is -0.150.